The van der Waals surface area contributed by atoms with Gasteiger partial charge in [-0.25, -0.2) is 0 Å². The molecule has 16 heteroatoms. The second-order valence-corrected chi connectivity index (χ2v) is 2.68. The summed E-state index contributed by atoms with van der Waals surface area (Å²) in [5.41, 5.74) is 0. The Labute approximate surface area is 118 Å². The van der Waals surface area contributed by atoms with Crippen molar-refractivity contribution in [2.24, 2.45) is 0 Å². The second kappa shape index (κ2) is 21.7. The monoisotopic (exact) mass is 538 g/mol. The Balaban J connectivity index is -0.00000000970. The molecule has 0 atom stereocenters. The molecular formula is H2MoO12P2W-12. The second-order valence-electron chi connectivity index (χ2n) is 0.894. The molecule has 0 aromatic heterocycles. The van der Waals surface area contributed by atoms with Crippen LogP contribution in [0.4, 0.5) is 0 Å². The molecule has 0 amide bonds. The van der Waals surface area contributed by atoms with Gasteiger partial charge in [0.25, 0.3) is 0 Å². The SMILES string of the molecule is O=P([O-])([O-])[O-].O=P([O-])([O-])[O-].[Mo].[O-2].[O-2].[OH-].[OH-].[W]. The molecule has 0 aliphatic heterocycles. The van der Waals surface area contributed by atoms with Crippen molar-refractivity contribution in [3.8, 4) is 0 Å². The fraction of sp³-hybridized carbons (Fsp3) is 0. The van der Waals surface area contributed by atoms with E-state index in [-0.39, 0.29) is 64.0 Å². The van der Waals surface area contributed by atoms with E-state index in [1.165, 1.54) is 0 Å². The number of hydrogen-bond donors (Lipinski definition) is 0. The Morgan fingerprint density at radius 3 is 0.625 bits per heavy atom. The van der Waals surface area contributed by atoms with E-state index < -0.39 is 15.6 Å². The summed E-state index contributed by atoms with van der Waals surface area (Å²) < 4.78 is 17.1. The third-order valence-corrected chi connectivity index (χ3v) is 0. The van der Waals surface area contributed by atoms with Crippen LogP contribution < -0.4 is 29.4 Å². The molecule has 0 aliphatic rings. The van der Waals surface area contributed by atoms with Gasteiger partial charge in [0.2, 0.25) is 0 Å². The minimum atomic E-state index is -5.39. The standard InChI is InChI=1S/Mo.2H3O4P.2H2O.2O.W/c;2*1-5(2,3)4;;;;;/h;2*(H3,1,2,3,4);2*1H2;;;/q;;;;;2*-2;/p-8. The van der Waals surface area contributed by atoms with Crippen LogP contribution in [0.2, 0.25) is 0 Å². The minimum Gasteiger partial charge on any atom is -2.00 e. The summed E-state index contributed by atoms with van der Waals surface area (Å²) in [5.74, 6) is 0. The molecule has 0 saturated heterocycles. The molecule has 0 aliphatic carbocycles. The van der Waals surface area contributed by atoms with Crippen molar-refractivity contribution < 1.29 is 103 Å². The molecule has 0 rings (SSSR count). The summed E-state index contributed by atoms with van der Waals surface area (Å²) in [6.07, 6.45) is 0. The molecule has 0 aromatic rings. The average Bonchev–Trinajstić information content (AvgIpc) is 1.12. The van der Waals surface area contributed by atoms with E-state index in [9.17, 15) is 0 Å². The quantitative estimate of drug-likeness (QED) is 0.208. The van der Waals surface area contributed by atoms with Gasteiger partial charge in [-0.3, -0.25) is 0 Å². The topological polar surface area (TPSA) is 290 Å². The fourth-order valence-corrected chi connectivity index (χ4v) is 0. The van der Waals surface area contributed by atoms with E-state index in [0.29, 0.717) is 0 Å². The Bertz CT molecular complexity index is 131. The van der Waals surface area contributed by atoms with Crippen LogP contribution in [0.1, 0.15) is 0 Å². The third kappa shape index (κ3) is 1560. The van der Waals surface area contributed by atoms with E-state index in [1.54, 1.807) is 0 Å². The van der Waals surface area contributed by atoms with E-state index >= 15 is 0 Å². The predicted octanol–water partition coefficient (Wildman–Crippen LogP) is -6.25. The Hall–Kier alpha value is 1.44. The Kier molecular flexibility index (Phi) is 71.7. The molecular weight excluding hydrogens is 534 g/mol. The maximum absolute atomic E-state index is 8.55. The van der Waals surface area contributed by atoms with Crippen LogP contribution in [-0.4, -0.2) is 11.0 Å². The van der Waals surface area contributed by atoms with Crippen LogP contribution in [0.3, 0.4) is 0 Å². The van der Waals surface area contributed by atoms with Gasteiger partial charge in [-0.1, -0.05) is 0 Å². The molecule has 12 nitrogen and oxygen atoms in total. The van der Waals surface area contributed by atoms with Gasteiger partial charge in [-0.05, 0) is 0 Å². The minimum absolute atomic E-state index is 0. The summed E-state index contributed by atoms with van der Waals surface area (Å²) in [6, 6.07) is 0. The van der Waals surface area contributed by atoms with Crippen LogP contribution >= 0.6 is 15.6 Å². The smallest absolute Gasteiger partial charge is 0 e. The third-order valence-electron chi connectivity index (χ3n) is 0. The van der Waals surface area contributed by atoms with E-state index in [2.05, 4.69) is 0 Å². The van der Waals surface area contributed by atoms with Crippen molar-refractivity contribution in [1.29, 1.82) is 0 Å². The average molecular weight is 536 g/mol. The largest absolute Gasteiger partial charge is 2.00 e. The van der Waals surface area contributed by atoms with E-state index in [1.807, 2.05) is 0 Å². The molecule has 0 fully saturated rings. The summed E-state index contributed by atoms with van der Waals surface area (Å²) in [6.45, 7) is 0. The van der Waals surface area contributed by atoms with Crippen molar-refractivity contribution in [1.82, 2.24) is 0 Å². The molecule has 0 heterocycles. The van der Waals surface area contributed by atoms with Crippen LogP contribution in [0.5, 0.6) is 0 Å². The first kappa shape index (κ1) is 52.9. The Morgan fingerprint density at radius 2 is 0.625 bits per heavy atom. The van der Waals surface area contributed by atoms with Gasteiger partial charge in [0.15, 0.2) is 0 Å². The van der Waals surface area contributed by atoms with Gasteiger partial charge in [-0.15, -0.1) is 0 Å². The first-order valence-electron chi connectivity index (χ1n) is 1.46. The fourth-order valence-electron chi connectivity index (χ4n) is 0. The molecule has 0 unspecified atom stereocenters. The van der Waals surface area contributed by atoms with E-state index in [0.717, 1.165) is 0 Å². The molecule has 16 heavy (non-hydrogen) atoms. The molecule has 0 spiro atoms. The molecule has 0 radical (unpaired) electrons. The van der Waals surface area contributed by atoms with Crippen molar-refractivity contribution in [2.45, 2.75) is 0 Å². The molecule has 0 aromatic carbocycles. The number of rotatable bonds is 0. The van der Waals surface area contributed by atoms with E-state index in [4.69, 9.17) is 38.5 Å². The van der Waals surface area contributed by atoms with Gasteiger partial charge in [-0.2, -0.15) is 15.6 Å². The molecule has 108 valence electrons. The van der Waals surface area contributed by atoms with Crippen LogP contribution in [0, 0.1) is 0 Å². The van der Waals surface area contributed by atoms with Gasteiger partial charge in [0, 0.05) is 42.1 Å². The maximum atomic E-state index is 8.55. The molecule has 0 saturated carbocycles. The molecule has 2 N–H and O–H groups in total. The van der Waals surface area contributed by atoms with Crippen LogP contribution in [0.15, 0.2) is 0 Å². The van der Waals surface area contributed by atoms with Crippen LogP contribution in [-0.2, 0) is 62.2 Å². The van der Waals surface area contributed by atoms with Gasteiger partial charge in [0.1, 0.15) is 0 Å². The van der Waals surface area contributed by atoms with Crippen molar-refractivity contribution in [3.63, 3.8) is 0 Å². The summed E-state index contributed by atoms with van der Waals surface area (Å²) in [7, 11) is -10.8. The first-order valence-corrected chi connectivity index (χ1v) is 4.38. The summed E-state index contributed by atoms with van der Waals surface area (Å²) >= 11 is 0. The zero-order chi connectivity index (χ0) is 9.00. The summed E-state index contributed by atoms with van der Waals surface area (Å²) in [4.78, 5) is 51.3. The zero-order valence-electron chi connectivity index (χ0n) is 6.69. The number of hydrogen-bond acceptors (Lipinski definition) is 10. The molecule has 0 bridgehead atoms. The van der Waals surface area contributed by atoms with Crippen LogP contribution in [0.25, 0.3) is 0 Å². The number of phosphoric acid groups is 2. The van der Waals surface area contributed by atoms with Crippen molar-refractivity contribution in [3.05, 3.63) is 0 Å². The van der Waals surface area contributed by atoms with Crippen molar-refractivity contribution >= 4 is 15.6 Å². The Morgan fingerprint density at radius 1 is 0.625 bits per heavy atom. The predicted molar refractivity (Wildman–Crippen MR) is 20.5 cm³/mol. The first-order chi connectivity index (χ1) is 4.00. The van der Waals surface area contributed by atoms with Gasteiger partial charge in [0.05, 0.1) is 0 Å². The van der Waals surface area contributed by atoms with Gasteiger partial charge < -0.3 is 60.4 Å². The normalized spacial score (nSPS) is 7.38. The maximum Gasteiger partial charge on any atom is 0 e. The zero-order valence-corrected chi connectivity index (χ0v) is 13.4. The van der Waals surface area contributed by atoms with Crippen molar-refractivity contribution in [2.75, 3.05) is 0 Å². The van der Waals surface area contributed by atoms with Gasteiger partial charge >= 0.3 is 0 Å². The summed E-state index contributed by atoms with van der Waals surface area (Å²) in [5, 5.41) is 0.